The van der Waals surface area contributed by atoms with Crippen molar-refractivity contribution < 1.29 is 9.53 Å². The molecule has 2 aromatic heterocycles. The second kappa shape index (κ2) is 10.2. The molecule has 0 spiro atoms. The lowest BCUT2D eigenvalue weighted by Gasteiger charge is -2.35. The molecular weight excluding hydrogens is 454 g/mol. The molecule has 9 nitrogen and oxygen atoms in total. The largest absolute Gasteiger partial charge is 0.495 e. The first-order valence-electron chi connectivity index (χ1n) is 12.1. The summed E-state index contributed by atoms with van der Waals surface area (Å²) in [5.41, 5.74) is 4.24. The molecule has 0 radical (unpaired) electrons. The average molecular weight is 486 g/mol. The van der Waals surface area contributed by atoms with Gasteiger partial charge in [0.15, 0.2) is 5.65 Å². The molecular formula is C27H31N7O2. The van der Waals surface area contributed by atoms with Crippen molar-refractivity contribution in [3.8, 4) is 16.9 Å². The first kappa shape index (κ1) is 23.6. The molecule has 5 rings (SSSR count). The van der Waals surface area contributed by atoms with Crippen LogP contribution in [0.15, 0.2) is 66.9 Å². The molecule has 2 amide bonds. The predicted octanol–water partition coefficient (Wildman–Crippen LogP) is 4.71. The van der Waals surface area contributed by atoms with E-state index in [1.807, 2.05) is 71.8 Å². The van der Waals surface area contributed by atoms with Crippen LogP contribution in [-0.2, 0) is 0 Å². The van der Waals surface area contributed by atoms with Crippen LogP contribution in [0, 0.1) is 0 Å². The molecule has 36 heavy (non-hydrogen) atoms. The van der Waals surface area contributed by atoms with Gasteiger partial charge in [-0.2, -0.15) is 4.98 Å². The average Bonchev–Trinajstić information content (AvgIpc) is 3.30. The van der Waals surface area contributed by atoms with Crippen LogP contribution < -0.4 is 15.4 Å². The van der Waals surface area contributed by atoms with E-state index in [9.17, 15) is 4.79 Å². The van der Waals surface area contributed by atoms with Crippen LogP contribution in [0.3, 0.4) is 0 Å². The number of benzene rings is 2. The number of aromatic nitrogens is 3. The van der Waals surface area contributed by atoms with E-state index in [0.29, 0.717) is 12.0 Å². The summed E-state index contributed by atoms with van der Waals surface area (Å²) in [5, 5.41) is 10.9. The lowest BCUT2D eigenvalue weighted by atomic mass is 10.0. The van der Waals surface area contributed by atoms with Crippen LogP contribution in [-0.4, -0.2) is 70.8 Å². The van der Waals surface area contributed by atoms with Crippen molar-refractivity contribution in [2.45, 2.75) is 18.9 Å². The van der Waals surface area contributed by atoms with Crippen LogP contribution in [0.5, 0.6) is 5.75 Å². The van der Waals surface area contributed by atoms with Crippen LogP contribution in [0.25, 0.3) is 16.8 Å². The third kappa shape index (κ3) is 5.11. The van der Waals surface area contributed by atoms with E-state index < -0.39 is 0 Å². The van der Waals surface area contributed by atoms with Gasteiger partial charge in [-0.1, -0.05) is 24.3 Å². The Morgan fingerprint density at radius 1 is 1.03 bits per heavy atom. The van der Waals surface area contributed by atoms with Crippen LogP contribution in [0.1, 0.15) is 12.8 Å². The third-order valence-corrected chi connectivity index (χ3v) is 6.61. The van der Waals surface area contributed by atoms with Crippen molar-refractivity contribution in [1.29, 1.82) is 0 Å². The first-order chi connectivity index (χ1) is 17.5. The summed E-state index contributed by atoms with van der Waals surface area (Å²) >= 11 is 0. The number of hydrogen-bond donors (Lipinski definition) is 2. The Labute approximate surface area is 210 Å². The summed E-state index contributed by atoms with van der Waals surface area (Å²) in [6, 6.07) is 19.9. The molecule has 9 heteroatoms. The molecule has 2 aromatic carbocycles. The predicted molar refractivity (Wildman–Crippen MR) is 142 cm³/mol. The highest BCUT2D eigenvalue weighted by molar-refractivity contribution is 5.90. The zero-order valence-corrected chi connectivity index (χ0v) is 20.8. The maximum atomic E-state index is 12.8. The number of ether oxygens (including phenoxy) is 1. The van der Waals surface area contributed by atoms with Crippen LogP contribution in [0.4, 0.5) is 22.1 Å². The van der Waals surface area contributed by atoms with Crippen molar-refractivity contribution in [3.05, 3.63) is 66.9 Å². The van der Waals surface area contributed by atoms with Gasteiger partial charge in [0, 0.05) is 36.6 Å². The molecule has 0 saturated carbocycles. The Hall–Kier alpha value is -4.11. The summed E-state index contributed by atoms with van der Waals surface area (Å²) in [4.78, 5) is 21.5. The zero-order chi connectivity index (χ0) is 25.1. The number of fused-ring (bicyclic) bond motifs is 1. The Kier molecular flexibility index (Phi) is 6.73. The fourth-order valence-corrected chi connectivity index (χ4v) is 4.54. The quantitative estimate of drug-likeness (QED) is 0.412. The SMILES string of the molecule is COc1ccccc1Nc1nc2ccc(-c3cccc(NC(=O)N4CCC(N(C)C)CC4)c3)cn2n1. The van der Waals surface area contributed by atoms with Crippen LogP contribution >= 0.6 is 0 Å². The summed E-state index contributed by atoms with van der Waals surface area (Å²) in [6.45, 7) is 1.53. The molecule has 1 aliphatic rings. The summed E-state index contributed by atoms with van der Waals surface area (Å²) in [6.07, 6.45) is 3.92. The molecule has 3 heterocycles. The zero-order valence-electron chi connectivity index (χ0n) is 20.8. The summed E-state index contributed by atoms with van der Waals surface area (Å²) in [5.74, 6) is 1.20. The molecule has 186 valence electrons. The number of hydrogen-bond acceptors (Lipinski definition) is 6. The lowest BCUT2D eigenvalue weighted by molar-refractivity contribution is 0.156. The Bertz CT molecular complexity index is 1360. The molecule has 1 fully saturated rings. The van der Waals surface area contributed by atoms with Crippen molar-refractivity contribution >= 4 is 29.0 Å². The minimum atomic E-state index is -0.0526. The Morgan fingerprint density at radius 2 is 1.83 bits per heavy atom. The molecule has 1 saturated heterocycles. The standard InChI is InChI=1S/C27H31N7O2/c1-32(2)22-13-15-33(16-14-22)27(35)28-21-8-6-7-19(17-21)20-11-12-25-30-26(31-34(25)18-20)29-23-9-4-5-10-24(23)36-3/h4-12,17-18,22H,13-16H2,1-3H3,(H,28,35)(H,29,31). The summed E-state index contributed by atoms with van der Waals surface area (Å²) < 4.78 is 7.14. The van der Waals surface area contributed by atoms with E-state index in [2.05, 4.69) is 39.7 Å². The van der Waals surface area contributed by atoms with E-state index in [-0.39, 0.29) is 6.03 Å². The molecule has 4 aromatic rings. The van der Waals surface area contributed by atoms with Crippen molar-refractivity contribution in [3.63, 3.8) is 0 Å². The molecule has 1 aliphatic heterocycles. The number of carbonyl (C=O) groups excluding carboxylic acids is 1. The van der Waals surface area contributed by atoms with E-state index in [0.717, 1.165) is 59.8 Å². The van der Waals surface area contributed by atoms with Crippen molar-refractivity contribution in [2.24, 2.45) is 0 Å². The maximum Gasteiger partial charge on any atom is 0.321 e. The van der Waals surface area contributed by atoms with Gasteiger partial charge in [-0.15, -0.1) is 5.10 Å². The summed E-state index contributed by atoms with van der Waals surface area (Å²) in [7, 11) is 5.83. The highest BCUT2D eigenvalue weighted by Crippen LogP contribution is 2.27. The molecule has 0 unspecified atom stereocenters. The minimum Gasteiger partial charge on any atom is -0.495 e. The van der Waals surface area contributed by atoms with Gasteiger partial charge in [-0.3, -0.25) is 0 Å². The number of pyridine rings is 1. The molecule has 0 aliphatic carbocycles. The monoisotopic (exact) mass is 485 g/mol. The molecule has 2 N–H and O–H groups in total. The second-order valence-corrected chi connectivity index (χ2v) is 9.17. The number of para-hydroxylation sites is 2. The van der Waals surface area contributed by atoms with Gasteiger partial charge in [0.1, 0.15) is 5.75 Å². The van der Waals surface area contributed by atoms with Crippen molar-refractivity contribution in [1.82, 2.24) is 24.4 Å². The van der Waals surface area contributed by atoms with Crippen LogP contribution in [0.2, 0.25) is 0 Å². The fraction of sp³-hybridized carbons (Fsp3) is 0.296. The number of piperidine rings is 1. The fourth-order valence-electron chi connectivity index (χ4n) is 4.54. The highest BCUT2D eigenvalue weighted by atomic mass is 16.5. The van der Waals surface area contributed by atoms with Gasteiger partial charge in [-0.25, -0.2) is 9.31 Å². The van der Waals surface area contributed by atoms with E-state index in [4.69, 9.17) is 4.74 Å². The number of nitrogens with one attached hydrogen (secondary N) is 2. The highest BCUT2D eigenvalue weighted by Gasteiger charge is 2.23. The number of anilines is 3. The smallest absolute Gasteiger partial charge is 0.321 e. The van der Waals surface area contributed by atoms with Gasteiger partial charge < -0.3 is 25.2 Å². The van der Waals surface area contributed by atoms with E-state index >= 15 is 0 Å². The number of likely N-dealkylation sites (tertiary alicyclic amines) is 1. The number of methoxy groups -OCH3 is 1. The topological polar surface area (TPSA) is 87.0 Å². The number of urea groups is 1. The lowest BCUT2D eigenvalue weighted by Crippen LogP contribution is -2.46. The Morgan fingerprint density at radius 3 is 2.61 bits per heavy atom. The van der Waals surface area contributed by atoms with E-state index in [1.54, 1.807) is 11.6 Å². The van der Waals surface area contributed by atoms with Gasteiger partial charge in [0.25, 0.3) is 0 Å². The number of rotatable bonds is 6. The molecule has 0 bridgehead atoms. The van der Waals surface area contributed by atoms with E-state index in [1.165, 1.54) is 0 Å². The van der Waals surface area contributed by atoms with Gasteiger partial charge in [0.05, 0.1) is 12.8 Å². The Balaban J connectivity index is 1.30. The maximum absolute atomic E-state index is 12.8. The molecule has 0 atom stereocenters. The number of amides is 2. The van der Waals surface area contributed by atoms with Gasteiger partial charge in [0.2, 0.25) is 5.95 Å². The number of carbonyl (C=O) groups is 1. The third-order valence-electron chi connectivity index (χ3n) is 6.61. The first-order valence-corrected chi connectivity index (χ1v) is 12.1. The normalized spacial score (nSPS) is 14.3. The minimum absolute atomic E-state index is 0.0526. The van der Waals surface area contributed by atoms with Gasteiger partial charge >= 0.3 is 6.03 Å². The van der Waals surface area contributed by atoms with Gasteiger partial charge in [-0.05, 0) is 68.9 Å². The van der Waals surface area contributed by atoms with Crippen molar-refractivity contribution in [2.75, 3.05) is 44.9 Å². The second-order valence-electron chi connectivity index (χ2n) is 9.17. The number of nitrogens with zero attached hydrogens (tertiary/aromatic N) is 5.